The minimum Gasteiger partial charge on any atom is -0.506 e. The first-order valence-corrected chi connectivity index (χ1v) is 11.3. The zero-order valence-electron chi connectivity index (χ0n) is 18.7. The van der Waals surface area contributed by atoms with E-state index in [0.717, 1.165) is 50.2 Å². The van der Waals surface area contributed by atoms with Crippen molar-refractivity contribution < 1.29 is 5.11 Å². The smallest absolute Gasteiger partial charge is 0.141 e. The number of nitrogens with one attached hydrogen (secondary N) is 2. The third-order valence-electron chi connectivity index (χ3n) is 5.65. The maximum absolute atomic E-state index is 9.31. The Morgan fingerprint density at radius 1 is 0.543 bits per heavy atom. The molecule has 6 heteroatoms. The number of aromatic hydroxyl groups is 1. The highest BCUT2D eigenvalue weighted by Gasteiger charge is 2.02. The molecule has 0 saturated heterocycles. The number of para-hydroxylation sites is 1. The van der Waals surface area contributed by atoms with Gasteiger partial charge in [0.05, 0.1) is 22.8 Å². The quantitative estimate of drug-likeness (QED) is 0.240. The Kier molecular flexibility index (Phi) is 5.16. The molecule has 5 aromatic rings. The monoisotopic (exact) mass is 455 g/mol. The Labute approximate surface area is 201 Å². The molecular formula is C29H21N5O. The molecule has 2 aliphatic heterocycles. The third-order valence-corrected chi connectivity index (χ3v) is 5.65. The second-order valence-corrected chi connectivity index (χ2v) is 8.26. The molecule has 2 aliphatic rings. The van der Waals surface area contributed by atoms with Crippen LogP contribution in [0.3, 0.4) is 0 Å². The molecule has 0 atom stereocenters. The van der Waals surface area contributed by atoms with Crippen molar-refractivity contribution in [3.63, 3.8) is 0 Å². The van der Waals surface area contributed by atoms with Gasteiger partial charge < -0.3 is 15.1 Å². The number of benzene rings is 1. The molecule has 168 valence electrons. The van der Waals surface area contributed by atoms with Crippen molar-refractivity contribution in [3.05, 3.63) is 108 Å². The summed E-state index contributed by atoms with van der Waals surface area (Å²) in [4.78, 5) is 20.1. The van der Waals surface area contributed by atoms with Crippen LogP contribution in [0.25, 0.3) is 57.3 Å². The minimum absolute atomic E-state index is 0.239. The summed E-state index contributed by atoms with van der Waals surface area (Å²) in [6, 6.07) is 25.5. The lowest BCUT2D eigenvalue weighted by Gasteiger charge is -1.96. The van der Waals surface area contributed by atoms with E-state index in [9.17, 15) is 5.11 Å². The highest BCUT2D eigenvalue weighted by Crippen LogP contribution is 2.20. The lowest BCUT2D eigenvalue weighted by molar-refractivity contribution is 0.480. The van der Waals surface area contributed by atoms with Gasteiger partial charge in [0.25, 0.3) is 0 Å². The summed E-state index contributed by atoms with van der Waals surface area (Å²) in [7, 11) is 0. The Balaban J connectivity index is 0.000000174. The fourth-order valence-electron chi connectivity index (χ4n) is 4.03. The van der Waals surface area contributed by atoms with E-state index >= 15 is 0 Å². The number of hydrogen-bond donors (Lipinski definition) is 3. The number of rotatable bonds is 0. The van der Waals surface area contributed by atoms with E-state index in [2.05, 4.69) is 55.3 Å². The van der Waals surface area contributed by atoms with Gasteiger partial charge in [-0.15, -0.1) is 0 Å². The van der Waals surface area contributed by atoms with Crippen molar-refractivity contribution in [3.8, 4) is 5.75 Å². The van der Waals surface area contributed by atoms with E-state index < -0.39 is 0 Å². The van der Waals surface area contributed by atoms with Crippen molar-refractivity contribution in [2.24, 2.45) is 0 Å². The topological polar surface area (TPSA) is 90.5 Å². The van der Waals surface area contributed by atoms with Crippen LogP contribution in [-0.4, -0.2) is 30.0 Å². The molecule has 0 fully saturated rings. The van der Waals surface area contributed by atoms with E-state index in [-0.39, 0.29) is 5.75 Å². The molecule has 35 heavy (non-hydrogen) atoms. The summed E-state index contributed by atoms with van der Waals surface area (Å²) in [5, 5.41) is 10.3. The first-order valence-electron chi connectivity index (χ1n) is 11.3. The molecular weight excluding hydrogens is 434 g/mol. The van der Waals surface area contributed by atoms with E-state index in [1.54, 1.807) is 18.3 Å². The van der Waals surface area contributed by atoms with Gasteiger partial charge in [0.1, 0.15) is 11.3 Å². The molecule has 3 N–H and O–H groups in total. The van der Waals surface area contributed by atoms with Gasteiger partial charge in [0.2, 0.25) is 0 Å². The third kappa shape index (κ3) is 4.58. The van der Waals surface area contributed by atoms with Crippen molar-refractivity contribution in [2.45, 2.75) is 0 Å². The van der Waals surface area contributed by atoms with Crippen LogP contribution in [0.5, 0.6) is 5.75 Å². The Hall–Kier alpha value is -4.97. The van der Waals surface area contributed by atoms with Gasteiger partial charge in [0, 0.05) is 33.6 Å². The molecule has 7 rings (SSSR count). The molecule has 1 aromatic carbocycles. The first-order chi connectivity index (χ1) is 17.2. The molecule has 0 radical (unpaired) electrons. The molecule has 4 aromatic heterocycles. The average Bonchev–Trinajstić information content (AvgIpc) is 3.66. The minimum atomic E-state index is 0.239. The van der Waals surface area contributed by atoms with Crippen LogP contribution in [0.2, 0.25) is 0 Å². The van der Waals surface area contributed by atoms with Crippen molar-refractivity contribution in [1.82, 2.24) is 24.9 Å². The molecule has 0 spiro atoms. The molecule has 8 bridgehead atoms. The lowest BCUT2D eigenvalue weighted by atomic mass is 10.2. The van der Waals surface area contributed by atoms with Crippen LogP contribution < -0.4 is 0 Å². The van der Waals surface area contributed by atoms with E-state index in [1.165, 1.54) is 0 Å². The van der Waals surface area contributed by atoms with E-state index in [4.69, 9.17) is 0 Å². The normalized spacial score (nSPS) is 11.9. The van der Waals surface area contributed by atoms with Gasteiger partial charge in [-0.05, 0) is 85.0 Å². The number of nitrogens with zero attached hydrogens (tertiary/aromatic N) is 3. The van der Waals surface area contributed by atoms with Gasteiger partial charge in [-0.3, -0.25) is 4.98 Å². The largest absolute Gasteiger partial charge is 0.506 e. The predicted molar refractivity (Wildman–Crippen MR) is 142 cm³/mol. The number of aromatic nitrogens is 5. The van der Waals surface area contributed by atoms with Crippen LogP contribution in [0.15, 0.2) is 85.1 Å². The summed E-state index contributed by atoms with van der Waals surface area (Å²) in [6.45, 7) is 0. The van der Waals surface area contributed by atoms with Crippen LogP contribution in [0, 0.1) is 0 Å². The zero-order valence-corrected chi connectivity index (χ0v) is 18.7. The number of H-pyrrole nitrogens is 2. The molecule has 0 aliphatic carbocycles. The predicted octanol–water partition coefficient (Wildman–Crippen LogP) is 6.60. The first kappa shape index (κ1) is 20.6. The second kappa shape index (κ2) is 8.76. The maximum Gasteiger partial charge on any atom is 0.141 e. The number of aromatic amines is 2. The maximum atomic E-state index is 9.31. The fourth-order valence-corrected chi connectivity index (χ4v) is 4.03. The van der Waals surface area contributed by atoms with E-state index in [1.807, 2.05) is 60.7 Å². The van der Waals surface area contributed by atoms with Gasteiger partial charge in [-0.1, -0.05) is 18.2 Å². The molecule has 0 amide bonds. The zero-order chi connectivity index (χ0) is 23.6. The Morgan fingerprint density at radius 3 is 1.63 bits per heavy atom. The highest BCUT2D eigenvalue weighted by atomic mass is 16.3. The van der Waals surface area contributed by atoms with Crippen LogP contribution in [0.1, 0.15) is 22.8 Å². The van der Waals surface area contributed by atoms with Crippen molar-refractivity contribution >= 4 is 57.3 Å². The summed E-state index contributed by atoms with van der Waals surface area (Å²) >= 11 is 0. The van der Waals surface area contributed by atoms with Crippen LogP contribution in [0.4, 0.5) is 0 Å². The number of hydrogen-bond acceptors (Lipinski definition) is 4. The lowest BCUT2D eigenvalue weighted by Crippen LogP contribution is -1.77. The molecule has 0 saturated carbocycles. The van der Waals surface area contributed by atoms with Crippen molar-refractivity contribution in [2.75, 3.05) is 0 Å². The molecule has 6 heterocycles. The summed E-state index contributed by atoms with van der Waals surface area (Å²) < 4.78 is 0. The fraction of sp³-hybridized carbons (Fsp3) is 0. The van der Waals surface area contributed by atoms with Crippen molar-refractivity contribution in [1.29, 1.82) is 0 Å². The molecule has 6 nitrogen and oxygen atoms in total. The summed E-state index contributed by atoms with van der Waals surface area (Å²) in [5.41, 5.74) is 8.52. The van der Waals surface area contributed by atoms with Gasteiger partial charge in [-0.25, -0.2) is 9.97 Å². The van der Waals surface area contributed by atoms with Gasteiger partial charge in [0.15, 0.2) is 0 Å². The standard InChI is InChI=1S/C20H14N4.C9H7NO/c1-2-14-10-16-5-6-18(23-16)12-20-8-7-19(24-20)11-17-4-3-15(22-17)9-13(1)21-14;11-8-5-1-3-7-4-2-6-10-9(7)8/h1-12,21-22H;1-6,11H. The second-order valence-electron chi connectivity index (χ2n) is 8.26. The number of fused-ring (bicyclic) bond motifs is 9. The SMILES string of the molecule is C1=Cc2cc3ccc(cc4ccc(cc5nc(cc1n2)C=C5)[nH]4)[nH]3.Oc1cccc2cccnc12. The average molecular weight is 456 g/mol. The number of phenolic OH excluding ortho intramolecular Hbond substituents is 1. The molecule has 0 unspecified atom stereocenters. The van der Waals surface area contributed by atoms with E-state index in [0.29, 0.717) is 5.52 Å². The summed E-state index contributed by atoms with van der Waals surface area (Å²) in [6.07, 6.45) is 9.72. The van der Waals surface area contributed by atoms with Gasteiger partial charge in [-0.2, -0.15) is 0 Å². The van der Waals surface area contributed by atoms with Crippen LogP contribution in [-0.2, 0) is 0 Å². The Bertz CT molecular complexity index is 1680. The number of pyridine rings is 1. The van der Waals surface area contributed by atoms with Crippen LogP contribution >= 0.6 is 0 Å². The Morgan fingerprint density at radius 2 is 1.06 bits per heavy atom. The highest BCUT2D eigenvalue weighted by molar-refractivity contribution is 5.83. The van der Waals surface area contributed by atoms with Gasteiger partial charge >= 0.3 is 0 Å². The number of phenols is 1. The summed E-state index contributed by atoms with van der Waals surface area (Å²) in [5.74, 6) is 0.239.